The second kappa shape index (κ2) is 7.88. The average molecular weight is 416 g/mol. The van der Waals surface area contributed by atoms with E-state index in [1.54, 1.807) is 12.1 Å². The van der Waals surface area contributed by atoms with Crippen molar-refractivity contribution in [3.63, 3.8) is 0 Å². The normalized spacial score (nSPS) is 10.7. The summed E-state index contributed by atoms with van der Waals surface area (Å²) in [5.41, 5.74) is 1.94. The third kappa shape index (κ3) is 3.70. The first-order valence-electron chi connectivity index (χ1n) is 9.13. The van der Waals surface area contributed by atoms with Crippen molar-refractivity contribution in [1.29, 1.82) is 0 Å². The summed E-state index contributed by atoms with van der Waals surface area (Å²) in [5.74, 6) is -0.516. The van der Waals surface area contributed by atoms with Crippen LogP contribution in [0, 0.1) is 17.0 Å². The number of fused-ring (bicyclic) bond motifs is 1. The summed E-state index contributed by atoms with van der Waals surface area (Å²) in [4.78, 5) is 36.6. The fourth-order valence-corrected chi connectivity index (χ4v) is 4.24. The van der Waals surface area contributed by atoms with Gasteiger partial charge in [-0.25, -0.2) is 0 Å². The molecule has 0 aliphatic rings. The van der Waals surface area contributed by atoms with Crippen LogP contribution in [0.1, 0.15) is 15.9 Å². The molecule has 1 aromatic heterocycles. The second-order valence-corrected chi connectivity index (χ2v) is 7.81. The first-order valence-corrected chi connectivity index (χ1v) is 9.94. The number of anilines is 1. The maximum absolute atomic E-state index is 13.3. The minimum Gasteiger partial charge on any atom is -0.313 e. The first-order chi connectivity index (χ1) is 14.4. The molecule has 0 atom stereocenters. The number of nitro benzene ring substituents is 1. The highest BCUT2D eigenvalue weighted by Gasteiger charge is 2.18. The molecule has 7 heteroatoms. The van der Waals surface area contributed by atoms with Crippen LogP contribution in [0.25, 0.3) is 21.2 Å². The van der Waals surface area contributed by atoms with Gasteiger partial charge in [-0.1, -0.05) is 48.0 Å². The number of aryl methyl sites for hydroxylation is 1. The number of non-ortho nitro benzene ring substituents is 1. The molecule has 0 bridgehead atoms. The number of carbonyl (C=O) groups is 1. The Kier molecular flexibility index (Phi) is 5.12. The van der Waals surface area contributed by atoms with Crippen LogP contribution in [-0.4, -0.2) is 10.8 Å². The quantitative estimate of drug-likeness (QED) is 0.356. The van der Waals surface area contributed by atoms with Crippen LogP contribution in [0.4, 0.5) is 10.7 Å². The van der Waals surface area contributed by atoms with Gasteiger partial charge in [0.05, 0.1) is 10.5 Å². The number of amides is 1. The van der Waals surface area contributed by atoms with Gasteiger partial charge in [0.1, 0.15) is 5.00 Å². The highest BCUT2D eigenvalue weighted by Crippen LogP contribution is 2.34. The molecule has 4 aromatic rings. The van der Waals surface area contributed by atoms with E-state index in [1.807, 2.05) is 43.3 Å². The summed E-state index contributed by atoms with van der Waals surface area (Å²) in [7, 11) is 0. The zero-order valence-electron chi connectivity index (χ0n) is 15.9. The van der Waals surface area contributed by atoms with Gasteiger partial charge >= 0.3 is 0 Å². The Morgan fingerprint density at radius 3 is 2.47 bits per heavy atom. The van der Waals surface area contributed by atoms with E-state index in [4.69, 9.17) is 0 Å². The maximum Gasteiger partial charge on any atom is 0.270 e. The van der Waals surface area contributed by atoms with E-state index in [1.165, 1.54) is 35.6 Å². The van der Waals surface area contributed by atoms with Crippen molar-refractivity contribution in [1.82, 2.24) is 0 Å². The zero-order valence-corrected chi connectivity index (χ0v) is 16.7. The summed E-state index contributed by atoms with van der Waals surface area (Å²) in [6.45, 7) is 1.95. The number of carbonyl (C=O) groups excluding carboxylic acids is 1. The van der Waals surface area contributed by atoms with E-state index in [2.05, 4.69) is 5.32 Å². The van der Waals surface area contributed by atoms with E-state index in [0.717, 1.165) is 10.3 Å². The second-order valence-electron chi connectivity index (χ2n) is 6.76. The first kappa shape index (κ1) is 19.5. The van der Waals surface area contributed by atoms with Crippen LogP contribution in [0.3, 0.4) is 0 Å². The largest absolute Gasteiger partial charge is 0.313 e. The smallest absolute Gasteiger partial charge is 0.270 e. The number of nitrogens with zero attached hydrogens (tertiary/aromatic N) is 1. The molecular formula is C23H16N2O4S. The van der Waals surface area contributed by atoms with Gasteiger partial charge in [0, 0.05) is 27.8 Å². The molecule has 0 fully saturated rings. The Morgan fingerprint density at radius 1 is 1.00 bits per heavy atom. The van der Waals surface area contributed by atoms with Crippen molar-refractivity contribution in [2.45, 2.75) is 6.92 Å². The number of hydrogen-bond acceptors (Lipinski definition) is 5. The van der Waals surface area contributed by atoms with Crippen molar-refractivity contribution in [3.05, 3.63) is 104 Å². The molecule has 30 heavy (non-hydrogen) atoms. The molecule has 0 aliphatic carbocycles. The lowest BCUT2D eigenvalue weighted by atomic mass is 10.0. The third-order valence-corrected chi connectivity index (χ3v) is 5.77. The number of nitro groups is 1. The van der Waals surface area contributed by atoms with Crippen molar-refractivity contribution in [3.8, 4) is 11.1 Å². The number of rotatable bonds is 4. The van der Waals surface area contributed by atoms with Gasteiger partial charge < -0.3 is 5.32 Å². The highest BCUT2D eigenvalue weighted by atomic mass is 32.1. The Balaban J connectivity index is 1.85. The monoisotopic (exact) mass is 416 g/mol. The molecule has 3 aromatic carbocycles. The van der Waals surface area contributed by atoms with Crippen LogP contribution < -0.4 is 10.7 Å². The summed E-state index contributed by atoms with van der Waals surface area (Å²) in [6.07, 6.45) is 0. The Labute approximate surface area is 175 Å². The number of nitrogens with one attached hydrogen (secondary N) is 1. The molecule has 0 spiro atoms. The van der Waals surface area contributed by atoms with Crippen LogP contribution in [-0.2, 0) is 0 Å². The lowest BCUT2D eigenvalue weighted by Crippen LogP contribution is -2.15. The van der Waals surface area contributed by atoms with Crippen molar-refractivity contribution >= 4 is 38.0 Å². The van der Waals surface area contributed by atoms with Gasteiger partial charge in [-0.15, -0.1) is 11.3 Å². The predicted molar refractivity (Wildman–Crippen MR) is 119 cm³/mol. The standard InChI is InChI=1S/C23H16N2O4S/c1-14-9-11-15(12-10-14)20-21(26)18-7-2-3-8-19(18)30-23(20)24-22(27)16-5-4-6-17(13-16)25(28)29/h2-13H,1H3,(H,24,27). The van der Waals surface area contributed by atoms with Crippen molar-refractivity contribution in [2.24, 2.45) is 0 Å². The third-order valence-electron chi connectivity index (χ3n) is 4.68. The van der Waals surface area contributed by atoms with E-state index in [-0.39, 0.29) is 16.7 Å². The van der Waals surface area contributed by atoms with Crippen molar-refractivity contribution in [2.75, 3.05) is 5.32 Å². The van der Waals surface area contributed by atoms with Crippen LogP contribution in [0.2, 0.25) is 0 Å². The van der Waals surface area contributed by atoms with Gasteiger partial charge in [0.15, 0.2) is 5.43 Å². The van der Waals surface area contributed by atoms with Crippen LogP contribution >= 0.6 is 11.3 Å². The molecule has 0 aliphatic heterocycles. The molecule has 148 valence electrons. The average Bonchev–Trinajstić information content (AvgIpc) is 2.75. The van der Waals surface area contributed by atoms with Crippen molar-refractivity contribution < 1.29 is 9.72 Å². The van der Waals surface area contributed by atoms with E-state index < -0.39 is 10.8 Å². The summed E-state index contributed by atoms with van der Waals surface area (Å²) in [5, 5.41) is 14.8. The lowest BCUT2D eigenvalue weighted by molar-refractivity contribution is -0.384. The molecule has 0 radical (unpaired) electrons. The topological polar surface area (TPSA) is 89.3 Å². The lowest BCUT2D eigenvalue weighted by Gasteiger charge is -2.12. The summed E-state index contributed by atoms with van der Waals surface area (Å²) >= 11 is 1.29. The minimum absolute atomic E-state index is 0.145. The maximum atomic E-state index is 13.3. The molecule has 0 saturated heterocycles. The van der Waals surface area contributed by atoms with Crippen LogP contribution in [0.5, 0.6) is 0 Å². The SMILES string of the molecule is Cc1ccc(-c2c(NC(=O)c3cccc([N+](=O)[O-])c3)sc3ccccc3c2=O)cc1. The molecule has 6 nitrogen and oxygen atoms in total. The molecular weight excluding hydrogens is 400 g/mol. The molecule has 0 unspecified atom stereocenters. The number of benzene rings is 3. The molecule has 1 amide bonds. The predicted octanol–water partition coefficient (Wildman–Crippen LogP) is 5.40. The summed E-state index contributed by atoms with van der Waals surface area (Å²) < 4.78 is 0.743. The molecule has 1 heterocycles. The molecule has 0 saturated carbocycles. The van der Waals surface area contributed by atoms with Gasteiger partial charge in [-0.05, 0) is 30.7 Å². The van der Waals surface area contributed by atoms with Crippen LogP contribution in [0.15, 0.2) is 77.6 Å². The minimum atomic E-state index is -0.553. The fourth-order valence-electron chi connectivity index (χ4n) is 3.15. The van der Waals surface area contributed by atoms with E-state index >= 15 is 0 Å². The fraction of sp³-hybridized carbons (Fsp3) is 0.0435. The van der Waals surface area contributed by atoms with E-state index in [9.17, 15) is 19.7 Å². The Bertz CT molecular complexity index is 1340. The zero-order chi connectivity index (χ0) is 21.3. The Hall–Kier alpha value is -3.84. The Morgan fingerprint density at radius 2 is 1.73 bits per heavy atom. The molecule has 4 rings (SSSR count). The van der Waals surface area contributed by atoms with Gasteiger partial charge in [-0.2, -0.15) is 0 Å². The number of hydrogen-bond donors (Lipinski definition) is 1. The van der Waals surface area contributed by atoms with Gasteiger partial charge in [0.2, 0.25) is 0 Å². The van der Waals surface area contributed by atoms with Gasteiger partial charge in [-0.3, -0.25) is 19.7 Å². The van der Waals surface area contributed by atoms with Gasteiger partial charge in [0.25, 0.3) is 11.6 Å². The van der Waals surface area contributed by atoms with E-state index in [0.29, 0.717) is 21.5 Å². The molecule has 1 N–H and O–H groups in total. The highest BCUT2D eigenvalue weighted by molar-refractivity contribution is 7.22. The summed E-state index contributed by atoms with van der Waals surface area (Å²) in [6, 6.07) is 20.2.